The molecule has 8 nitrogen and oxygen atoms in total. The minimum absolute atomic E-state index is 0.293. The lowest BCUT2D eigenvalue weighted by Crippen LogP contribution is -2.48. The molecule has 9 heteroatoms. The summed E-state index contributed by atoms with van der Waals surface area (Å²) in [5.41, 5.74) is 0. The highest BCUT2D eigenvalue weighted by Gasteiger charge is 2.30. The number of hydrogen-bond acceptors (Lipinski definition) is 5. The number of hydrogen-bond donors (Lipinski definition) is 1. The highest BCUT2D eigenvalue weighted by molar-refractivity contribution is 7.92. The molecule has 0 spiro atoms. The number of ether oxygens (including phenoxy) is 1. The molecule has 1 atom stereocenters. The zero-order valence-corrected chi connectivity index (χ0v) is 14.2. The molecule has 0 saturated carbocycles. The van der Waals surface area contributed by atoms with E-state index in [1.165, 1.54) is 12.5 Å². The Labute approximate surface area is 135 Å². The number of carbonyl (C=O) groups excluding carboxylic acids is 2. The summed E-state index contributed by atoms with van der Waals surface area (Å²) in [4.78, 5) is 25.4. The topological polar surface area (TPSA) is 101 Å². The Morgan fingerprint density at radius 3 is 2.78 bits per heavy atom. The molecule has 1 aliphatic rings. The lowest BCUT2D eigenvalue weighted by Gasteiger charge is -2.34. The van der Waals surface area contributed by atoms with Crippen molar-refractivity contribution in [2.45, 2.75) is 13.0 Å². The molecule has 1 aliphatic heterocycles. The van der Waals surface area contributed by atoms with Crippen molar-refractivity contribution in [3.8, 4) is 0 Å². The van der Waals surface area contributed by atoms with Gasteiger partial charge in [0, 0.05) is 28.8 Å². The maximum Gasteiger partial charge on any atom is 0.318 e. The third-order valence-electron chi connectivity index (χ3n) is 3.19. The van der Waals surface area contributed by atoms with E-state index in [1.54, 1.807) is 11.0 Å². The second-order valence-electron chi connectivity index (χ2n) is 5.56. The standard InChI is InChI=1S/C14H21N3O5S/c1-10-4-5-12(22-10)11-9-21-7-6-17(11)14(19)15-8-13(18)16-23(2,3)20/h4-5,11H,6-9H2,1-3H3,(H,15,19)/t11-/m1/s1. The fraction of sp³-hybridized carbons (Fsp3) is 0.571. The van der Waals surface area contributed by atoms with Crippen LogP contribution in [0.15, 0.2) is 20.9 Å². The van der Waals surface area contributed by atoms with Crippen molar-refractivity contribution in [3.05, 3.63) is 23.7 Å². The van der Waals surface area contributed by atoms with Gasteiger partial charge in [0.1, 0.15) is 24.1 Å². The van der Waals surface area contributed by atoms with Crippen molar-refractivity contribution < 1.29 is 23.0 Å². The quantitative estimate of drug-likeness (QED) is 0.879. The molecule has 23 heavy (non-hydrogen) atoms. The molecule has 0 unspecified atom stereocenters. The monoisotopic (exact) mass is 343 g/mol. The van der Waals surface area contributed by atoms with Crippen molar-refractivity contribution >= 4 is 21.7 Å². The third kappa shape index (κ3) is 5.07. The first-order chi connectivity index (χ1) is 10.8. The van der Waals surface area contributed by atoms with Crippen LogP contribution in [0.5, 0.6) is 0 Å². The van der Waals surface area contributed by atoms with E-state index < -0.39 is 21.7 Å². The van der Waals surface area contributed by atoms with Gasteiger partial charge in [0.2, 0.25) is 0 Å². The number of amides is 3. The minimum Gasteiger partial charge on any atom is -0.464 e. The first-order valence-electron chi connectivity index (χ1n) is 7.15. The van der Waals surface area contributed by atoms with Crippen molar-refractivity contribution in [3.63, 3.8) is 0 Å². The normalized spacial score (nSPS) is 18.6. The molecule has 0 aromatic carbocycles. The van der Waals surface area contributed by atoms with E-state index in [0.717, 1.165) is 5.76 Å². The molecular weight excluding hydrogens is 322 g/mol. The Morgan fingerprint density at radius 2 is 2.17 bits per heavy atom. The zero-order valence-electron chi connectivity index (χ0n) is 13.4. The molecule has 0 bridgehead atoms. The van der Waals surface area contributed by atoms with Gasteiger partial charge in [-0.05, 0) is 19.1 Å². The number of aryl methyl sites for hydroxylation is 1. The summed E-state index contributed by atoms with van der Waals surface area (Å²) in [6.07, 6.45) is 2.73. The van der Waals surface area contributed by atoms with E-state index in [9.17, 15) is 13.8 Å². The van der Waals surface area contributed by atoms with Crippen LogP contribution >= 0.6 is 0 Å². The number of nitrogens with zero attached hydrogens (tertiary/aromatic N) is 2. The average molecular weight is 343 g/mol. The van der Waals surface area contributed by atoms with Crippen LogP contribution in [0.1, 0.15) is 17.6 Å². The summed E-state index contributed by atoms with van der Waals surface area (Å²) in [7, 11) is -2.52. The van der Waals surface area contributed by atoms with Crippen LogP contribution < -0.4 is 5.32 Å². The summed E-state index contributed by atoms with van der Waals surface area (Å²) in [6, 6.07) is 2.88. The van der Waals surface area contributed by atoms with Crippen LogP contribution in [0.25, 0.3) is 0 Å². The van der Waals surface area contributed by atoms with E-state index in [-0.39, 0.29) is 12.6 Å². The smallest absolute Gasteiger partial charge is 0.318 e. The molecule has 1 saturated heterocycles. The first-order valence-corrected chi connectivity index (χ1v) is 9.48. The van der Waals surface area contributed by atoms with E-state index in [4.69, 9.17) is 9.15 Å². The van der Waals surface area contributed by atoms with Crippen molar-refractivity contribution in [1.29, 1.82) is 0 Å². The third-order valence-corrected chi connectivity index (χ3v) is 3.83. The molecular formula is C14H21N3O5S. The Kier molecular flexibility index (Phi) is 5.42. The van der Waals surface area contributed by atoms with Gasteiger partial charge < -0.3 is 19.4 Å². The van der Waals surface area contributed by atoms with Crippen LogP contribution in [-0.4, -0.2) is 59.9 Å². The molecule has 1 fully saturated rings. The van der Waals surface area contributed by atoms with Gasteiger partial charge >= 0.3 is 6.03 Å². The summed E-state index contributed by atoms with van der Waals surface area (Å²) >= 11 is 0. The SMILES string of the molecule is Cc1ccc([C@H]2COCCN2C(=O)NCC(=O)N=S(C)(C)=O)o1. The number of morpholine rings is 1. The predicted molar refractivity (Wildman–Crippen MR) is 84.5 cm³/mol. The zero-order chi connectivity index (χ0) is 17.0. The van der Waals surface area contributed by atoms with E-state index in [1.807, 2.05) is 13.0 Å². The number of carbonyl (C=O) groups is 2. The maximum absolute atomic E-state index is 12.3. The molecule has 2 heterocycles. The summed E-state index contributed by atoms with van der Waals surface area (Å²) in [6.45, 7) is 2.67. The second-order valence-corrected chi connectivity index (χ2v) is 8.10. The van der Waals surface area contributed by atoms with Gasteiger partial charge in [0.05, 0.1) is 13.2 Å². The molecule has 3 amide bonds. The lowest BCUT2D eigenvalue weighted by atomic mass is 10.2. The van der Waals surface area contributed by atoms with Crippen LogP contribution in [0, 0.1) is 6.92 Å². The van der Waals surface area contributed by atoms with Crippen LogP contribution in [0.4, 0.5) is 4.79 Å². The van der Waals surface area contributed by atoms with Gasteiger partial charge in [0.25, 0.3) is 5.91 Å². The fourth-order valence-electron chi connectivity index (χ4n) is 2.25. The summed E-state index contributed by atoms with van der Waals surface area (Å²) in [5.74, 6) is 0.770. The van der Waals surface area contributed by atoms with Gasteiger partial charge in [-0.1, -0.05) is 0 Å². The van der Waals surface area contributed by atoms with Crippen molar-refractivity contribution in [2.75, 3.05) is 38.8 Å². The van der Waals surface area contributed by atoms with E-state index in [0.29, 0.717) is 25.5 Å². The average Bonchev–Trinajstić information content (AvgIpc) is 2.89. The molecule has 2 rings (SSSR count). The summed E-state index contributed by atoms with van der Waals surface area (Å²) < 4.78 is 25.9. The van der Waals surface area contributed by atoms with Gasteiger partial charge in [0.15, 0.2) is 0 Å². The Hall–Kier alpha value is -1.87. The molecule has 128 valence electrons. The number of nitrogens with one attached hydrogen (secondary N) is 1. The molecule has 0 aliphatic carbocycles. The van der Waals surface area contributed by atoms with Gasteiger partial charge in [-0.3, -0.25) is 4.79 Å². The van der Waals surface area contributed by atoms with Gasteiger partial charge in [-0.25, -0.2) is 9.00 Å². The Bertz CT molecular complexity index is 697. The number of furan rings is 1. The van der Waals surface area contributed by atoms with Crippen LogP contribution in [0.3, 0.4) is 0 Å². The lowest BCUT2D eigenvalue weighted by molar-refractivity contribution is -0.116. The minimum atomic E-state index is -2.52. The first kappa shape index (κ1) is 17.5. The predicted octanol–water partition coefficient (Wildman–Crippen LogP) is 0.925. The number of urea groups is 1. The fourth-order valence-corrected chi connectivity index (χ4v) is 2.80. The summed E-state index contributed by atoms with van der Waals surface area (Å²) in [5, 5.41) is 2.50. The molecule has 1 aromatic rings. The highest BCUT2D eigenvalue weighted by atomic mass is 32.2. The number of rotatable bonds is 3. The van der Waals surface area contributed by atoms with Crippen molar-refractivity contribution in [2.24, 2.45) is 4.36 Å². The Balaban J connectivity index is 2.01. The van der Waals surface area contributed by atoms with E-state index >= 15 is 0 Å². The van der Waals surface area contributed by atoms with Crippen LogP contribution in [-0.2, 0) is 19.3 Å². The molecule has 0 radical (unpaired) electrons. The van der Waals surface area contributed by atoms with Gasteiger partial charge in [-0.15, -0.1) is 0 Å². The van der Waals surface area contributed by atoms with E-state index in [2.05, 4.69) is 9.68 Å². The van der Waals surface area contributed by atoms with Crippen molar-refractivity contribution in [1.82, 2.24) is 10.2 Å². The highest BCUT2D eigenvalue weighted by Crippen LogP contribution is 2.25. The van der Waals surface area contributed by atoms with Crippen LogP contribution in [0.2, 0.25) is 0 Å². The maximum atomic E-state index is 12.3. The second kappa shape index (κ2) is 7.14. The molecule has 1 N–H and O–H groups in total. The Morgan fingerprint density at radius 1 is 1.43 bits per heavy atom. The largest absolute Gasteiger partial charge is 0.464 e. The van der Waals surface area contributed by atoms with Gasteiger partial charge in [-0.2, -0.15) is 4.36 Å². The molecule has 1 aromatic heterocycles.